The maximum Gasteiger partial charge on any atom is 0.352 e. The van der Waals surface area contributed by atoms with Gasteiger partial charge in [0.25, 0.3) is 0 Å². The van der Waals surface area contributed by atoms with Crippen molar-refractivity contribution in [1.29, 1.82) is 0 Å². The van der Waals surface area contributed by atoms with Crippen LogP contribution in [0.3, 0.4) is 0 Å². The van der Waals surface area contributed by atoms with Gasteiger partial charge in [-0.05, 0) is 21.0 Å². The van der Waals surface area contributed by atoms with Gasteiger partial charge in [-0.25, -0.2) is 0 Å². The number of nitrogens with zero attached hydrogens (tertiary/aromatic N) is 1. The molecule has 0 bridgehead atoms. The number of hydrogen-bond acceptors (Lipinski definition) is 4. The first-order valence-corrected chi connectivity index (χ1v) is 4.02. The largest absolute Gasteiger partial charge is 0.457 e. The molecule has 0 radical (unpaired) electrons. The second-order valence-electron chi connectivity index (χ2n) is 2.33. The van der Waals surface area contributed by atoms with Gasteiger partial charge in [-0.15, -0.1) is 0 Å². The molecule has 3 nitrogen and oxygen atoms in total. The van der Waals surface area contributed by atoms with Gasteiger partial charge in [0, 0.05) is 18.8 Å². The second kappa shape index (κ2) is 6.37. The highest BCUT2D eigenvalue weighted by Gasteiger charge is 1.96. The van der Waals surface area contributed by atoms with E-state index in [-0.39, 0.29) is 5.24 Å². The molecule has 0 aromatic carbocycles. The SMILES string of the molecule is CCOC(=S)OCCN(C)C. The van der Waals surface area contributed by atoms with Crippen molar-refractivity contribution < 1.29 is 9.47 Å². The summed E-state index contributed by atoms with van der Waals surface area (Å²) < 4.78 is 9.98. The molecule has 0 spiro atoms. The van der Waals surface area contributed by atoms with Crippen LogP contribution in [-0.2, 0) is 9.47 Å². The Balaban J connectivity index is 3.17. The summed E-state index contributed by atoms with van der Waals surface area (Å²) in [5, 5.41) is 0.245. The van der Waals surface area contributed by atoms with Gasteiger partial charge < -0.3 is 14.4 Å². The lowest BCUT2D eigenvalue weighted by molar-refractivity contribution is 0.170. The van der Waals surface area contributed by atoms with Gasteiger partial charge in [-0.1, -0.05) is 0 Å². The zero-order valence-corrected chi connectivity index (χ0v) is 8.11. The van der Waals surface area contributed by atoms with Crippen molar-refractivity contribution in [3.8, 4) is 0 Å². The lowest BCUT2D eigenvalue weighted by atomic mass is 10.6. The molecule has 66 valence electrons. The zero-order valence-electron chi connectivity index (χ0n) is 7.29. The Morgan fingerprint density at radius 1 is 1.36 bits per heavy atom. The summed E-state index contributed by atoms with van der Waals surface area (Å²) in [7, 11) is 3.96. The van der Waals surface area contributed by atoms with Crippen LogP contribution in [0.15, 0.2) is 0 Å². The third kappa shape index (κ3) is 7.55. The second-order valence-corrected chi connectivity index (χ2v) is 2.67. The van der Waals surface area contributed by atoms with E-state index in [4.69, 9.17) is 21.7 Å². The summed E-state index contributed by atoms with van der Waals surface area (Å²) in [5.41, 5.74) is 0. The third-order valence-corrected chi connectivity index (χ3v) is 1.26. The van der Waals surface area contributed by atoms with Crippen LogP contribution in [0.2, 0.25) is 0 Å². The molecule has 0 amide bonds. The topological polar surface area (TPSA) is 21.7 Å². The maximum atomic E-state index is 5.06. The monoisotopic (exact) mass is 177 g/mol. The zero-order chi connectivity index (χ0) is 8.69. The Labute approximate surface area is 73.3 Å². The normalized spacial score (nSPS) is 9.82. The van der Waals surface area contributed by atoms with E-state index in [9.17, 15) is 0 Å². The average Bonchev–Trinajstić information content (AvgIpc) is 1.87. The van der Waals surface area contributed by atoms with Crippen molar-refractivity contribution in [2.45, 2.75) is 6.92 Å². The third-order valence-electron chi connectivity index (χ3n) is 1.02. The molecule has 0 fully saturated rings. The van der Waals surface area contributed by atoms with E-state index in [0.717, 1.165) is 6.54 Å². The fourth-order valence-corrected chi connectivity index (χ4v) is 0.672. The smallest absolute Gasteiger partial charge is 0.352 e. The summed E-state index contributed by atoms with van der Waals surface area (Å²) in [4.78, 5) is 2.02. The minimum absolute atomic E-state index is 0.245. The molecule has 0 atom stereocenters. The van der Waals surface area contributed by atoms with Crippen LogP contribution >= 0.6 is 12.2 Å². The number of ether oxygens (including phenoxy) is 2. The fourth-order valence-electron chi connectivity index (χ4n) is 0.471. The average molecular weight is 177 g/mol. The van der Waals surface area contributed by atoms with E-state index in [0.29, 0.717) is 13.2 Å². The highest BCUT2D eigenvalue weighted by molar-refractivity contribution is 7.79. The Kier molecular flexibility index (Phi) is 6.16. The van der Waals surface area contributed by atoms with Crippen molar-refractivity contribution >= 4 is 17.5 Å². The standard InChI is InChI=1S/C7H15NO2S/c1-4-9-7(11)10-6-5-8(2)3/h4-6H2,1-3H3. The first-order valence-electron chi connectivity index (χ1n) is 3.61. The Morgan fingerprint density at radius 3 is 2.45 bits per heavy atom. The fraction of sp³-hybridized carbons (Fsp3) is 0.857. The Morgan fingerprint density at radius 2 is 2.00 bits per heavy atom. The molecule has 0 rings (SSSR count). The molecule has 0 aliphatic rings. The molecular weight excluding hydrogens is 162 g/mol. The molecule has 0 N–H and O–H groups in total. The molecule has 0 aliphatic carbocycles. The van der Waals surface area contributed by atoms with Crippen LogP contribution in [0.5, 0.6) is 0 Å². The lowest BCUT2D eigenvalue weighted by Crippen LogP contribution is -2.20. The van der Waals surface area contributed by atoms with E-state index >= 15 is 0 Å². The van der Waals surface area contributed by atoms with Gasteiger partial charge in [0.15, 0.2) is 0 Å². The molecule has 0 saturated heterocycles. The van der Waals surface area contributed by atoms with Crippen molar-refractivity contribution in [3.05, 3.63) is 0 Å². The molecule has 0 aromatic heterocycles. The molecule has 4 heteroatoms. The van der Waals surface area contributed by atoms with Crippen LogP contribution in [-0.4, -0.2) is 44.0 Å². The Hall–Kier alpha value is -0.350. The molecule has 0 heterocycles. The van der Waals surface area contributed by atoms with Gasteiger partial charge in [0.2, 0.25) is 0 Å². The maximum absolute atomic E-state index is 5.06. The number of thiocarbonyl (C=S) groups is 1. The minimum Gasteiger partial charge on any atom is -0.457 e. The molecule has 0 aromatic rings. The lowest BCUT2D eigenvalue weighted by Gasteiger charge is -2.10. The van der Waals surface area contributed by atoms with Crippen LogP contribution in [0.1, 0.15) is 6.92 Å². The number of rotatable bonds is 4. The van der Waals surface area contributed by atoms with Gasteiger partial charge in [-0.3, -0.25) is 0 Å². The first kappa shape index (κ1) is 10.7. The van der Waals surface area contributed by atoms with Gasteiger partial charge in [0.1, 0.15) is 6.61 Å². The summed E-state index contributed by atoms with van der Waals surface area (Å²) in [6.07, 6.45) is 0. The number of hydrogen-bond donors (Lipinski definition) is 0. The predicted molar refractivity (Wildman–Crippen MR) is 48.7 cm³/mol. The summed E-state index contributed by atoms with van der Waals surface area (Å²) in [6.45, 7) is 3.89. The minimum atomic E-state index is 0.245. The predicted octanol–water partition coefficient (Wildman–Crippen LogP) is 0.886. The van der Waals surface area contributed by atoms with Crippen LogP contribution in [0, 0.1) is 0 Å². The van der Waals surface area contributed by atoms with Crippen molar-refractivity contribution in [2.24, 2.45) is 0 Å². The van der Waals surface area contributed by atoms with Gasteiger partial charge >= 0.3 is 5.24 Å². The van der Waals surface area contributed by atoms with Crippen LogP contribution in [0.4, 0.5) is 0 Å². The van der Waals surface area contributed by atoms with Gasteiger partial charge in [-0.2, -0.15) is 0 Å². The highest BCUT2D eigenvalue weighted by Crippen LogP contribution is 1.86. The molecule has 0 unspecified atom stereocenters. The van der Waals surface area contributed by atoms with E-state index in [1.54, 1.807) is 0 Å². The summed E-state index contributed by atoms with van der Waals surface area (Å²) >= 11 is 4.74. The molecule has 11 heavy (non-hydrogen) atoms. The van der Waals surface area contributed by atoms with E-state index in [1.165, 1.54) is 0 Å². The van der Waals surface area contributed by atoms with E-state index in [2.05, 4.69) is 0 Å². The van der Waals surface area contributed by atoms with Crippen molar-refractivity contribution in [2.75, 3.05) is 33.9 Å². The Bertz CT molecular complexity index is 117. The van der Waals surface area contributed by atoms with Crippen molar-refractivity contribution in [3.63, 3.8) is 0 Å². The molecule has 0 aliphatic heterocycles. The first-order chi connectivity index (χ1) is 5.16. The van der Waals surface area contributed by atoms with E-state index in [1.807, 2.05) is 25.9 Å². The quantitative estimate of drug-likeness (QED) is 0.594. The summed E-state index contributed by atoms with van der Waals surface area (Å²) in [6, 6.07) is 0. The van der Waals surface area contributed by atoms with Crippen molar-refractivity contribution in [1.82, 2.24) is 4.90 Å². The molecular formula is C7H15NO2S. The summed E-state index contributed by atoms with van der Waals surface area (Å²) in [5.74, 6) is 0. The van der Waals surface area contributed by atoms with Crippen LogP contribution < -0.4 is 0 Å². The van der Waals surface area contributed by atoms with E-state index < -0.39 is 0 Å². The molecule has 0 saturated carbocycles. The number of likely N-dealkylation sites (N-methyl/N-ethyl adjacent to an activating group) is 1. The van der Waals surface area contributed by atoms with Gasteiger partial charge in [0.05, 0.1) is 6.61 Å². The van der Waals surface area contributed by atoms with Crippen LogP contribution in [0.25, 0.3) is 0 Å². The highest BCUT2D eigenvalue weighted by atomic mass is 32.1.